The van der Waals surface area contributed by atoms with E-state index in [1.165, 1.54) is 80.7 Å². The first-order valence-corrected chi connectivity index (χ1v) is 25.3. The summed E-state index contributed by atoms with van der Waals surface area (Å²) in [6.07, 6.45) is 14.6. The summed E-state index contributed by atoms with van der Waals surface area (Å²) in [5.41, 5.74) is -0.954. The Morgan fingerprint density at radius 1 is 0.362 bits per heavy atom. The number of hydrogen-bond acceptors (Lipinski definition) is 24. The molecule has 24 nitrogen and oxygen atoms in total. The van der Waals surface area contributed by atoms with Crippen LogP contribution in [0.2, 0.25) is 0 Å². The van der Waals surface area contributed by atoms with Crippen molar-refractivity contribution in [2.45, 2.75) is 147 Å². The predicted molar refractivity (Wildman–Crippen MR) is 265 cm³/mol. The third kappa shape index (κ3) is 12.0. The lowest BCUT2D eigenvalue weighted by molar-refractivity contribution is -0.297. The van der Waals surface area contributed by atoms with Crippen molar-refractivity contribution in [2.75, 3.05) is 0 Å². The van der Waals surface area contributed by atoms with E-state index in [1.54, 1.807) is 34.6 Å². The maximum Gasteiger partial charge on any atom is 0.348 e. The molecule has 2 saturated carbocycles. The molecule has 0 aromatic carbocycles. The normalized spacial score (nSPS) is 31.6. The van der Waals surface area contributed by atoms with Crippen molar-refractivity contribution in [3.63, 3.8) is 0 Å². The van der Waals surface area contributed by atoms with Gasteiger partial charge in [0.2, 0.25) is 0 Å². The number of cyclic esters (lactones) is 3. The quantitative estimate of drug-likeness (QED) is 0.0630. The molecule has 1 unspecified atom stereocenters. The van der Waals surface area contributed by atoms with E-state index in [-0.39, 0.29) is 86.5 Å². The van der Waals surface area contributed by atoms with Gasteiger partial charge in [0.15, 0.2) is 0 Å². The van der Waals surface area contributed by atoms with Gasteiger partial charge in [-0.15, -0.1) is 0 Å². The van der Waals surface area contributed by atoms with Gasteiger partial charge in [-0.3, -0.25) is 0 Å². The van der Waals surface area contributed by atoms with E-state index in [1.807, 2.05) is 0 Å². The molecule has 3 saturated heterocycles. The Hall–Kier alpha value is -9.09. The van der Waals surface area contributed by atoms with Crippen LogP contribution in [0.5, 0.6) is 0 Å². The first-order chi connectivity index (χ1) is 37.7. The summed E-state index contributed by atoms with van der Waals surface area (Å²) >= 11 is 0. The van der Waals surface area contributed by atoms with Crippen molar-refractivity contribution in [3.8, 4) is 0 Å². The van der Waals surface area contributed by atoms with Crippen LogP contribution < -0.4 is 0 Å². The maximum atomic E-state index is 13.2. The van der Waals surface area contributed by atoms with Crippen molar-refractivity contribution in [1.82, 2.24) is 0 Å². The Morgan fingerprint density at radius 2 is 0.588 bits per heavy atom. The lowest BCUT2D eigenvalue weighted by Crippen LogP contribution is -2.54. The second kappa shape index (κ2) is 21.6. The van der Waals surface area contributed by atoms with Crippen LogP contribution in [0.1, 0.15) is 113 Å². The summed E-state index contributed by atoms with van der Waals surface area (Å²) in [7, 11) is 0. The van der Waals surface area contributed by atoms with E-state index in [0.717, 1.165) is 6.08 Å². The lowest BCUT2D eigenvalue weighted by Gasteiger charge is -2.46. The van der Waals surface area contributed by atoms with Crippen molar-refractivity contribution in [2.24, 2.45) is 0 Å². The number of rotatable bonds is 11. The number of allylic oxidation sites excluding steroid dienone is 12. The summed E-state index contributed by atoms with van der Waals surface area (Å²) < 4.78 is 65.9. The molecule has 4 spiro atoms. The molecule has 6 aliphatic heterocycles. The monoisotopic (exact) mass is 1110 g/mol. The van der Waals surface area contributed by atoms with Gasteiger partial charge in [-0.1, -0.05) is 67.0 Å². The standard InChI is InChI=1S/C56H56O24/c1-8-51(6)69-39(57)33(40(58)70-51)16-10-30(3)12-18-35-43(61)73-53(74-44(35)62)22-26-55(27-23-53)77-47(65)37(48(66)78-55)20-14-32(5)15-21-38-49(67)79-56(80-50(38)68)28-24-54(25-29-56)75-45(63)36(46(64)76-54)19-13-31(4)11-17-34-41(59)71-52(7,9-2)72-42(34)60/h10-21,57,63,65H,8-9,22-29H2,1-7H3/b16-10+,19-13+,20-14+,30-12+,31-11+,32-15+,34-17?,35-18?,38-21?. The van der Waals surface area contributed by atoms with Gasteiger partial charge in [0.1, 0.15) is 33.4 Å². The van der Waals surface area contributed by atoms with Gasteiger partial charge in [0.25, 0.3) is 52.6 Å². The smallest absolute Gasteiger partial charge is 0.348 e. The Balaban J connectivity index is 0.816. The molecule has 2 aliphatic carbocycles. The molecular weight excluding hydrogens is 1060 g/mol. The zero-order valence-corrected chi connectivity index (χ0v) is 44.4. The van der Waals surface area contributed by atoms with Gasteiger partial charge in [-0.25, -0.2) is 43.2 Å². The average Bonchev–Trinajstić information content (AvgIpc) is 3.37. The molecule has 3 N–H and O–H groups in total. The molecular formula is C56H56O24. The topological polar surface area (TPSA) is 325 Å². The molecule has 5 fully saturated rings. The first-order valence-electron chi connectivity index (χ1n) is 25.3. The maximum absolute atomic E-state index is 13.2. The van der Waals surface area contributed by atoms with E-state index >= 15 is 0 Å². The molecule has 0 radical (unpaired) electrons. The zero-order valence-electron chi connectivity index (χ0n) is 44.4. The third-order valence-electron chi connectivity index (χ3n) is 14.1. The summed E-state index contributed by atoms with van der Waals surface area (Å²) in [5, 5.41) is 31.9. The van der Waals surface area contributed by atoms with Crippen LogP contribution >= 0.6 is 0 Å². The van der Waals surface area contributed by atoms with Gasteiger partial charge in [-0.05, 0) is 57.2 Å². The van der Waals surface area contributed by atoms with Crippen LogP contribution in [-0.2, 0) is 100.0 Å². The molecule has 80 heavy (non-hydrogen) atoms. The number of ether oxygens (including phenoxy) is 12. The highest BCUT2D eigenvalue weighted by Crippen LogP contribution is 2.48. The van der Waals surface area contributed by atoms with Crippen LogP contribution in [0.3, 0.4) is 0 Å². The average molecular weight is 1110 g/mol. The molecule has 8 aliphatic rings. The number of hydrogen-bond donors (Lipinski definition) is 3. The predicted octanol–water partition coefficient (Wildman–Crippen LogP) is 6.79. The Kier molecular flexibility index (Phi) is 15.4. The van der Waals surface area contributed by atoms with Gasteiger partial charge in [-0.2, -0.15) is 0 Å². The minimum Gasteiger partial charge on any atom is -0.480 e. The highest BCUT2D eigenvalue weighted by Gasteiger charge is 2.58. The Bertz CT molecular complexity index is 3080. The zero-order chi connectivity index (χ0) is 58.2. The fourth-order valence-electron chi connectivity index (χ4n) is 8.87. The fourth-order valence-corrected chi connectivity index (χ4v) is 8.87. The van der Waals surface area contributed by atoms with Gasteiger partial charge >= 0.3 is 53.7 Å². The summed E-state index contributed by atoms with van der Waals surface area (Å²) in [4.78, 5) is 116. The second-order valence-corrected chi connectivity index (χ2v) is 20.1. The molecule has 0 aromatic heterocycles. The van der Waals surface area contributed by atoms with Gasteiger partial charge in [0.05, 0.1) is 0 Å². The van der Waals surface area contributed by atoms with Crippen molar-refractivity contribution < 1.29 is 115 Å². The fraction of sp³-hybridized carbons (Fsp3) is 0.411. The highest BCUT2D eigenvalue weighted by molar-refractivity contribution is 6.17. The minimum absolute atomic E-state index is 0.161. The third-order valence-corrected chi connectivity index (χ3v) is 14.1. The molecule has 8 rings (SSSR count). The van der Waals surface area contributed by atoms with E-state index in [9.17, 15) is 58.5 Å². The first kappa shape index (κ1) is 57.1. The van der Waals surface area contributed by atoms with Crippen molar-refractivity contribution in [1.29, 1.82) is 0 Å². The molecule has 6 heterocycles. The molecule has 0 aromatic rings. The van der Waals surface area contributed by atoms with Crippen molar-refractivity contribution in [3.05, 3.63) is 141 Å². The van der Waals surface area contributed by atoms with Crippen LogP contribution in [0.15, 0.2) is 141 Å². The largest absolute Gasteiger partial charge is 0.480 e. The molecule has 424 valence electrons. The SMILES string of the molecule is CCC1(C)OC(=O)C(=C/C=C(C)/C=C/C2=C(O)OC3(CCC4(CC3)OC(=O)C(=C/C=C(C)/C=C/C3=C(O)OC5(CCC6(CC5)OC(=O)C(=C/C=C(C)/C=C/C5=C(O)OC(C)(CC)OC5=O)C(=O)O6)OC3=O)C(=O)O4)OC2=O)C(=O)O1. The highest BCUT2D eigenvalue weighted by atomic mass is 16.8. The van der Waals surface area contributed by atoms with Crippen LogP contribution in [-0.4, -0.2) is 104 Å². The van der Waals surface area contributed by atoms with E-state index in [2.05, 4.69) is 0 Å². The Morgan fingerprint density at radius 3 is 0.863 bits per heavy atom. The number of aliphatic hydroxyl groups excluding tert-OH is 3. The number of carbonyl (C=O) groups excluding carboxylic acids is 9. The molecule has 0 bridgehead atoms. The minimum atomic E-state index is -1.74. The summed E-state index contributed by atoms with van der Waals surface area (Å²) in [6.45, 7) is 11.1. The molecule has 24 heteroatoms. The van der Waals surface area contributed by atoms with Crippen LogP contribution in [0.25, 0.3) is 0 Å². The van der Waals surface area contributed by atoms with Crippen LogP contribution in [0, 0.1) is 0 Å². The number of aliphatic hydroxyl groups is 3. The van der Waals surface area contributed by atoms with E-state index in [0.29, 0.717) is 16.7 Å². The van der Waals surface area contributed by atoms with Gasteiger partial charge in [0, 0.05) is 78.1 Å². The second-order valence-electron chi connectivity index (χ2n) is 20.1. The number of carbonyl (C=O) groups is 9. The van der Waals surface area contributed by atoms with Crippen LogP contribution in [0.4, 0.5) is 0 Å². The summed E-state index contributed by atoms with van der Waals surface area (Å²) in [5.74, 6) is -20.2. The van der Waals surface area contributed by atoms with Crippen molar-refractivity contribution >= 4 is 53.7 Å². The Labute approximate surface area is 456 Å². The van der Waals surface area contributed by atoms with E-state index in [4.69, 9.17) is 56.8 Å². The molecule has 1 atom stereocenters. The number of esters is 9. The lowest BCUT2D eigenvalue weighted by atomic mass is 9.87. The van der Waals surface area contributed by atoms with Gasteiger partial charge < -0.3 is 72.2 Å². The summed E-state index contributed by atoms with van der Waals surface area (Å²) in [6, 6.07) is 0. The molecule has 0 amide bonds. The van der Waals surface area contributed by atoms with E-state index < -0.39 is 117 Å².